The highest BCUT2D eigenvalue weighted by atomic mass is 79.9. The largest absolute Gasteiger partial charge is 0.444 e. The Kier molecular flexibility index (Phi) is 6.56. The molecule has 0 saturated heterocycles. The second kappa shape index (κ2) is 9.13. The second-order valence-corrected chi connectivity index (χ2v) is 8.57. The maximum atomic E-state index is 12.6. The van der Waals surface area contributed by atoms with Crippen LogP contribution in [-0.4, -0.2) is 27.4 Å². The molecule has 0 saturated carbocycles. The molecule has 8 heteroatoms. The summed E-state index contributed by atoms with van der Waals surface area (Å²) in [6, 6.07) is 16.2. The number of nitrogens with zero attached hydrogens (tertiary/aromatic N) is 2. The number of anilines is 2. The van der Waals surface area contributed by atoms with Crippen molar-refractivity contribution in [1.82, 2.24) is 9.78 Å². The minimum absolute atomic E-state index is 0.267. The fraction of sp³-hybridized carbons (Fsp3) is 0.227. The number of carbonyl (C=O) groups is 2. The molecule has 156 valence electrons. The number of amides is 2. The van der Waals surface area contributed by atoms with E-state index in [1.807, 2.05) is 24.3 Å². The van der Waals surface area contributed by atoms with Crippen LogP contribution in [0.3, 0.4) is 0 Å². The Hall–Kier alpha value is -3.13. The molecule has 3 aromatic rings. The first-order valence-corrected chi connectivity index (χ1v) is 10.2. The monoisotopic (exact) mass is 470 g/mol. The van der Waals surface area contributed by atoms with E-state index in [4.69, 9.17) is 4.74 Å². The molecule has 2 aromatic carbocycles. The Bertz CT molecular complexity index is 1020. The highest BCUT2D eigenvalue weighted by Gasteiger charge is 2.16. The number of nitrogens with one attached hydrogen (secondary N) is 2. The number of hydrogen-bond donors (Lipinski definition) is 2. The Morgan fingerprint density at radius 3 is 2.30 bits per heavy atom. The molecule has 0 radical (unpaired) electrons. The van der Waals surface area contributed by atoms with E-state index in [-0.39, 0.29) is 5.91 Å². The number of rotatable bonds is 5. The van der Waals surface area contributed by atoms with E-state index in [1.54, 1.807) is 62.0 Å². The van der Waals surface area contributed by atoms with Crippen LogP contribution >= 0.6 is 15.9 Å². The zero-order valence-electron chi connectivity index (χ0n) is 17.0. The zero-order valence-corrected chi connectivity index (χ0v) is 18.6. The van der Waals surface area contributed by atoms with Crippen molar-refractivity contribution in [2.45, 2.75) is 32.9 Å². The maximum Gasteiger partial charge on any atom is 0.412 e. The molecule has 0 unspecified atom stereocenters. The summed E-state index contributed by atoms with van der Waals surface area (Å²) in [5, 5.41) is 9.80. The van der Waals surface area contributed by atoms with E-state index in [0.717, 1.165) is 10.0 Å². The third-order valence-corrected chi connectivity index (χ3v) is 4.52. The summed E-state index contributed by atoms with van der Waals surface area (Å²) in [4.78, 5) is 24.5. The number of ether oxygens (including phenoxy) is 1. The minimum Gasteiger partial charge on any atom is -0.444 e. The molecule has 30 heavy (non-hydrogen) atoms. The van der Waals surface area contributed by atoms with Gasteiger partial charge in [0.2, 0.25) is 0 Å². The van der Waals surface area contributed by atoms with Crippen molar-refractivity contribution in [3.8, 4) is 0 Å². The van der Waals surface area contributed by atoms with E-state index >= 15 is 0 Å². The molecule has 0 aliphatic rings. The van der Waals surface area contributed by atoms with E-state index in [2.05, 4.69) is 31.7 Å². The molecule has 2 N–H and O–H groups in total. The van der Waals surface area contributed by atoms with Gasteiger partial charge < -0.3 is 10.1 Å². The van der Waals surface area contributed by atoms with Gasteiger partial charge in [0.25, 0.3) is 5.91 Å². The van der Waals surface area contributed by atoms with Gasteiger partial charge in [0.15, 0.2) is 0 Å². The summed E-state index contributed by atoms with van der Waals surface area (Å²) in [6.45, 7) is 5.92. The Morgan fingerprint density at radius 1 is 1.00 bits per heavy atom. The van der Waals surface area contributed by atoms with Gasteiger partial charge in [-0.05, 0) is 62.7 Å². The predicted octanol–water partition coefficient (Wildman–Crippen LogP) is 5.29. The zero-order chi connectivity index (χ0) is 21.7. The fourth-order valence-corrected chi connectivity index (χ4v) is 2.91. The normalized spacial score (nSPS) is 11.1. The summed E-state index contributed by atoms with van der Waals surface area (Å²) in [5.74, 6) is 0.329. The van der Waals surface area contributed by atoms with Crippen LogP contribution in [0.15, 0.2) is 65.3 Å². The fourth-order valence-electron chi connectivity index (χ4n) is 2.64. The summed E-state index contributed by atoms with van der Waals surface area (Å²) < 4.78 is 7.94. The standard InChI is InChI=1S/C22H23BrN4O3/c1-22(2,3)30-21(29)25-18-10-6-16(7-11-18)20(28)26-19-12-13-24-27(19)14-15-4-8-17(23)9-5-15/h4-13H,14H2,1-3H3,(H,25,29)(H,26,28). The van der Waals surface area contributed by atoms with Gasteiger partial charge in [0.1, 0.15) is 11.4 Å². The quantitative estimate of drug-likeness (QED) is 0.530. The molecule has 2 amide bonds. The molecule has 0 aliphatic heterocycles. The van der Waals surface area contributed by atoms with Crippen LogP contribution in [-0.2, 0) is 11.3 Å². The van der Waals surface area contributed by atoms with Crippen LogP contribution in [0.1, 0.15) is 36.7 Å². The van der Waals surface area contributed by atoms with Crippen molar-refractivity contribution in [2.75, 3.05) is 10.6 Å². The molecular formula is C22H23BrN4O3. The Morgan fingerprint density at radius 2 is 1.67 bits per heavy atom. The first kappa shape index (κ1) is 21.6. The third-order valence-electron chi connectivity index (χ3n) is 4.00. The lowest BCUT2D eigenvalue weighted by molar-refractivity contribution is 0.0636. The van der Waals surface area contributed by atoms with Gasteiger partial charge in [-0.15, -0.1) is 0 Å². The number of hydrogen-bond acceptors (Lipinski definition) is 4. The van der Waals surface area contributed by atoms with Crippen LogP contribution in [0.25, 0.3) is 0 Å². The first-order valence-electron chi connectivity index (χ1n) is 9.37. The molecular weight excluding hydrogens is 448 g/mol. The molecule has 0 fully saturated rings. The average Bonchev–Trinajstić information content (AvgIpc) is 3.09. The van der Waals surface area contributed by atoms with Crippen LogP contribution < -0.4 is 10.6 Å². The highest BCUT2D eigenvalue weighted by Crippen LogP contribution is 2.16. The predicted molar refractivity (Wildman–Crippen MR) is 120 cm³/mol. The molecule has 0 bridgehead atoms. The third kappa shape index (κ3) is 6.18. The molecule has 7 nitrogen and oxygen atoms in total. The van der Waals surface area contributed by atoms with Crippen molar-refractivity contribution in [3.05, 3.63) is 76.4 Å². The molecule has 0 atom stereocenters. The van der Waals surface area contributed by atoms with E-state index in [1.165, 1.54) is 0 Å². The summed E-state index contributed by atoms with van der Waals surface area (Å²) in [5.41, 5.74) is 1.49. The van der Waals surface area contributed by atoms with Gasteiger partial charge in [0.05, 0.1) is 12.7 Å². The van der Waals surface area contributed by atoms with Gasteiger partial charge in [-0.3, -0.25) is 10.1 Å². The van der Waals surface area contributed by atoms with Crippen LogP contribution in [0.4, 0.5) is 16.3 Å². The van der Waals surface area contributed by atoms with Gasteiger partial charge >= 0.3 is 6.09 Å². The Balaban J connectivity index is 1.62. The van der Waals surface area contributed by atoms with Crippen molar-refractivity contribution in [3.63, 3.8) is 0 Å². The average molecular weight is 471 g/mol. The van der Waals surface area contributed by atoms with E-state index in [0.29, 0.717) is 23.6 Å². The second-order valence-electron chi connectivity index (χ2n) is 7.66. The summed E-state index contributed by atoms with van der Waals surface area (Å²) >= 11 is 3.42. The Labute approximate surface area is 183 Å². The van der Waals surface area contributed by atoms with Crippen molar-refractivity contribution in [2.24, 2.45) is 0 Å². The maximum absolute atomic E-state index is 12.6. The molecule has 0 aliphatic carbocycles. The van der Waals surface area contributed by atoms with Crippen molar-refractivity contribution < 1.29 is 14.3 Å². The number of aromatic nitrogens is 2. The molecule has 1 aromatic heterocycles. The molecule has 0 spiro atoms. The topological polar surface area (TPSA) is 85.2 Å². The SMILES string of the molecule is CC(C)(C)OC(=O)Nc1ccc(C(=O)Nc2ccnn2Cc2ccc(Br)cc2)cc1. The summed E-state index contributed by atoms with van der Waals surface area (Å²) in [6.07, 6.45) is 1.10. The van der Waals surface area contributed by atoms with Gasteiger partial charge in [-0.25, -0.2) is 9.48 Å². The smallest absolute Gasteiger partial charge is 0.412 e. The number of benzene rings is 2. The number of halogens is 1. The summed E-state index contributed by atoms with van der Waals surface area (Å²) in [7, 11) is 0. The van der Waals surface area contributed by atoms with Crippen LogP contribution in [0.2, 0.25) is 0 Å². The van der Waals surface area contributed by atoms with Crippen molar-refractivity contribution in [1.29, 1.82) is 0 Å². The lowest BCUT2D eigenvalue weighted by atomic mass is 10.2. The van der Waals surface area contributed by atoms with Crippen LogP contribution in [0, 0.1) is 0 Å². The van der Waals surface area contributed by atoms with E-state index < -0.39 is 11.7 Å². The number of carbonyl (C=O) groups excluding carboxylic acids is 2. The van der Waals surface area contributed by atoms with Crippen molar-refractivity contribution >= 4 is 39.4 Å². The molecule has 1 heterocycles. The molecule has 3 rings (SSSR count). The van der Waals surface area contributed by atoms with Crippen LogP contribution in [0.5, 0.6) is 0 Å². The van der Waals surface area contributed by atoms with Gasteiger partial charge in [-0.1, -0.05) is 28.1 Å². The van der Waals surface area contributed by atoms with Gasteiger partial charge in [0, 0.05) is 21.8 Å². The lowest BCUT2D eigenvalue weighted by Gasteiger charge is -2.19. The first-order chi connectivity index (χ1) is 14.2. The highest BCUT2D eigenvalue weighted by molar-refractivity contribution is 9.10. The minimum atomic E-state index is -0.580. The van der Waals surface area contributed by atoms with E-state index in [9.17, 15) is 9.59 Å². The van der Waals surface area contributed by atoms with Gasteiger partial charge in [-0.2, -0.15) is 5.10 Å². The lowest BCUT2D eigenvalue weighted by Crippen LogP contribution is -2.27.